The van der Waals surface area contributed by atoms with E-state index in [1.54, 1.807) is 7.11 Å². The topological polar surface area (TPSA) is 84.7 Å². The predicted octanol–water partition coefficient (Wildman–Crippen LogP) is 2.32. The van der Waals surface area contributed by atoms with Crippen molar-refractivity contribution in [3.63, 3.8) is 0 Å². The summed E-state index contributed by atoms with van der Waals surface area (Å²) in [7, 11) is 1.59. The van der Waals surface area contributed by atoms with Gasteiger partial charge in [-0.1, -0.05) is 18.2 Å². The molecule has 0 aliphatic rings. The van der Waals surface area contributed by atoms with Crippen LogP contribution < -0.4 is 20.7 Å². The first kappa shape index (κ1) is 18.3. The summed E-state index contributed by atoms with van der Waals surface area (Å²) >= 11 is 0. The highest BCUT2D eigenvalue weighted by molar-refractivity contribution is 5.94. The Kier molecular flexibility index (Phi) is 6.39. The number of methoxy groups -OCH3 is 1. The van der Waals surface area contributed by atoms with E-state index in [1.807, 2.05) is 60.4 Å². The second-order valence-electron chi connectivity index (χ2n) is 5.70. The number of hydrogen-bond donors (Lipinski definition) is 2. The van der Waals surface area contributed by atoms with Gasteiger partial charge >= 0.3 is 0 Å². The zero-order valence-electron chi connectivity index (χ0n) is 14.5. The Morgan fingerprint density at radius 3 is 2.40 bits per heavy atom. The molecule has 0 saturated heterocycles. The Morgan fingerprint density at radius 1 is 1.12 bits per heavy atom. The molecule has 0 bridgehead atoms. The number of benzene rings is 2. The number of hydrogen-bond acceptors (Lipinski definition) is 4. The van der Waals surface area contributed by atoms with Crippen LogP contribution in [0.4, 0.5) is 11.4 Å². The SMILES string of the molecule is COc1ccc(N(CCC(N)=O)CC(=O)Nc2ccccc2C)cc1. The number of amides is 2. The van der Waals surface area contributed by atoms with Gasteiger partial charge in [0.1, 0.15) is 5.75 Å². The standard InChI is InChI=1S/C19H23N3O3/c1-14-5-3-4-6-17(14)21-19(24)13-22(12-11-18(20)23)15-7-9-16(25-2)10-8-15/h3-10H,11-13H2,1-2H3,(H2,20,23)(H,21,24). The third-order valence-corrected chi connectivity index (χ3v) is 3.82. The largest absolute Gasteiger partial charge is 0.497 e. The molecule has 0 saturated carbocycles. The number of primary amides is 1. The Morgan fingerprint density at radius 2 is 1.80 bits per heavy atom. The first-order valence-electron chi connectivity index (χ1n) is 8.02. The van der Waals surface area contributed by atoms with E-state index in [4.69, 9.17) is 10.5 Å². The molecule has 0 radical (unpaired) electrons. The van der Waals surface area contributed by atoms with E-state index >= 15 is 0 Å². The summed E-state index contributed by atoms with van der Waals surface area (Å²) in [5, 5.41) is 2.90. The number of anilines is 2. The van der Waals surface area contributed by atoms with E-state index in [2.05, 4.69) is 5.32 Å². The van der Waals surface area contributed by atoms with E-state index < -0.39 is 5.91 Å². The van der Waals surface area contributed by atoms with E-state index in [-0.39, 0.29) is 18.9 Å². The smallest absolute Gasteiger partial charge is 0.243 e. The summed E-state index contributed by atoms with van der Waals surface area (Å²) in [6, 6.07) is 14.9. The lowest BCUT2D eigenvalue weighted by Crippen LogP contribution is -2.35. The molecule has 132 valence electrons. The first-order chi connectivity index (χ1) is 12.0. The van der Waals surface area contributed by atoms with Crippen molar-refractivity contribution in [1.82, 2.24) is 0 Å². The monoisotopic (exact) mass is 341 g/mol. The van der Waals surface area contributed by atoms with Crippen molar-refractivity contribution in [3.8, 4) is 5.75 Å². The van der Waals surface area contributed by atoms with Crippen LogP contribution in [-0.2, 0) is 9.59 Å². The molecule has 2 amide bonds. The second-order valence-corrected chi connectivity index (χ2v) is 5.70. The van der Waals surface area contributed by atoms with Crippen molar-refractivity contribution in [3.05, 3.63) is 54.1 Å². The average Bonchev–Trinajstić information content (AvgIpc) is 2.60. The number of nitrogens with two attached hydrogens (primary N) is 1. The van der Waals surface area contributed by atoms with Gasteiger partial charge in [0.25, 0.3) is 0 Å². The fourth-order valence-corrected chi connectivity index (χ4v) is 2.41. The highest BCUT2D eigenvalue weighted by atomic mass is 16.5. The Balaban J connectivity index is 2.10. The van der Waals surface area contributed by atoms with Crippen LogP contribution in [-0.4, -0.2) is 32.0 Å². The molecule has 3 N–H and O–H groups in total. The zero-order chi connectivity index (χ0) is 18.2. The molecule has 2 aromatic rings. The van der Waals surface area contributed by atoms with Crippen molar-refractivity contribution in [1.29, 1.82) is 0 Å². The lowest BCUT2D eigenvalue weighted by atomic mass is 10.2. The van der Waals surface area contributed by atoms with Crippen LogP contribution in [0.3, 0.4) is 0 Å². The van der Waals surface area contributed by atoms with Crippen LogP contribution in [0.5, 0.6) is 5.75 Å². The minimum absolute atomic E-state index is 0.119. The zero-order valence-corrected chi connectivity index (χ0v) is 14.5. The molecular formula is C19H23N3O3. The maximum absolute atomic E-state index is 12.4. The second kappa shape index (κ2) is 8.73. The fourth-order valence-electron chi connectivity index (χ4n) is 2.41. The molecule has 2 rings (SSSR count). The summed E-state index contributed by atoms with van der Waals surface area (Å²) < 4.78 is 5.15. The summed E-state index contributed by atoms with van der Waals surface area (Å²) in [6.07, 6.45) is 0.170. The third-order valence-electron chi connectivity index (χ3n) is 3.82. The molecule has 0 fully saturated rings. The van der Waals surface area contributed by atoms with Gasteiger partial charge < -0.3 is 20.7 Å². The number of nitrogens with zero attached hydrogens (tertiary/aromatic N) is 1. The fraction of sp³-hybridized carbons (Fsp3) is 0.263. The van der Waals surface area contributed by atoms with Crippen LogP contribution in [0.1, 0.15) is 12.0 Å². The van der Waals surface area contributed by atoms with Gasteiger partial charge in [-0.2, -0.15) is 0 Å². The van der Waals surface area contributed by atoms with Crippen LogP contribution in [0, 0.1) is 6.92 Å². The highest BCUT2D eigenvalue weighted by Crippen LogP contribution is 2.20. The number of nitrogens with one attached hydrogen (secondary N) is 1. The van der Waals surface area contributed by atoms with Gasteiger partial charge in [-0.15, -0.1) is 0 Å². The molecule has 0 aromatic heterocycles. The Bertz CT molecular complexity index is 729. The van der Waals surface area contributed by atoms with Crippen LogP contribution in [0.25, 0.3) is 0 Å². The first-order valence-corrected chi connectivity index (χ1v) is 8.02. The number of carbonyl (C=O) groups is 2. The van der Waals surface area contributed by atoms with Crippen LogP contribution in [0.2, 0.25) is 0 Å². The normalized spacial score (nSPS) is 10.2. The van der Waals surface area contributed by atoms with Crippen molar-refractivity contribution in [2.45, 2.75) is 13.3 Å². The van der Waals surface area contributed by atoms with Crippen LogP contribution >= 0.6 is 0 Å². The van der Waals surface area contributed by atoms with E-state index in [9.17, 15) is 9.59 Å². The number of rotatable bonds is 8. The van der Waals surface area contributed by atoms with E-state index in [0.29, 0.717) is 6.54 Å². The number of aryl methyl sites for hydroxylation is 1. The summed E-state index contributed by atoms with van der Waals surface area (Å²) in [5.74, 6) is 0.162. The molecule has 0 aliphatic heterocycles. The highest BCUT2D eigenvalue weighted by Gasteiger charge is 2.14. The van der Waals surface area contributed by atoms with Crippen molar-refractivity contribution in [2.24, 2.45) is 5.73 Å². The predicted molar refractivity (Wildman–Crippen MR) is 98.8 cm³/mol. The van der Waals surface area contributed by atoms with Crippen molar-refractivity contribution in [2.75, 3.05) is 30.4 Å². The van der Waals surface area contributed by atoms with Gasteiger partial charge in [-0.05, 0) is 42.8 Å². The van der Waals surface area contributed by atoms with Crippen molar-refractivity contribution < 1.29 is 14.3 Å². The minimum atomic E-state index is -0.405. The van der Waals surface area contributed by atoms with Gasteiger partial charge in [0, 0.05) is 24.3 Å². The molecule has 2 aromatic carbocycles. The third kappa shape index (κ3) is 5.53. The molecule has 25 heavy (non-hydrogen) atoms. The maximum Gasteiger partial charge on any atom is 0.243 e. The number of para-hydroxylation sites is 1. The number of ether oxygens (including phenoxy) is 1. The molecular weight excluding hydrogens is 318 g/mol. The van der Waals surface area contributed by atoms with Crippen molar-refractivity contribution >= 4 is 23.2 Å². The molecule has 6 nitrogen and oxygen atoms in total. The van der Waals surface area contributed by atoms with Gasteiger partial charge in [-0.3, -0.25) is 9.59 Å². The summed E-state index contributed by atoms with van der Waals surface area (Å²) in [4.78, 5) is 25.4. The van der Waals surface area contributed by atoms with E-state index in [1.165, 1.54) is 0 Å². The van der Waals surface area contributed by atoms with Gasteiger partial charge in [0.2, 0.25) is 11.8 Å². The molecule has 0 aliphatic carbocycles. The molecule has 6 heteroatoms. The number of carbonyl (C=O) groups excluding carboxylic acids is 2. The molecule has 0 atom stereocenters. The lowest BCUT2D eigenvalue weighted by molar-refractivity contribution is -0.118. The van der Waals surface area contributed by atoms with Gasteiger partial charge in [0.05, 0.1) is 13.7 Å². The minimum Gasteiger partial charge on any atom is -0.497 e. The summed E-state index contributed by atoms with van der Waals surface area (Å²) in [5.41, 5.74) is 7.84. The van der Waals surface area contributed by atoms with Gasteiger partial charge in [0.15, 0.2) is 0 Å². The van der Waals surface area contributed by atoms with Crippen LogP contribution in [0.15, 0.2) is 48.5 Å². The lowest BCUT2D eigenvalue weighted by Gasteiger charge is -2.24. The van der Waals surface area contributed by atoms with Gasteiger partial charge in [-0.25, -0.2) is 0 Å². The molecule has 0 unspecified atom stereocenters. The Hall–Kier alpha value is -3.02. The average molecular weight is 341 g/mol. The summed E-state index contributed by atoms with van der Waals surface area (Å²) in [6.45, 7) is 2.42. The maximum atomic E-state index is 12.4. The molecule has 0 spiro atoms. The quantitative estimate of drug-likeness (QED) is 0.772. The Labute approximate surface area is 147 Å². The molecule has 0 heterocycles. The van der Waals surface area contributed by atoms with E-state index in [0.717, 1.165) is 22.7 Å².